The van der Waals surface area contributed by atoms with Crippen LogP contribution in [-0.2, 0) is 4.12 Å². The average Bonchev–Trinajstić information content (AvgIpc) is 1.97. The van der Waals surface area contributed by atoms with E-state index < -0.39 is 17.4 Å². The molecule has 1 unspecified atom stereocenters. The van der Waals surface area contributed by atoms with Crippen LogP contribution in [0.3, 0.4) is 0 Å². The molecule has 0 bridgehead atoms. The van der Waals surface area contributed by atoms with E-state index in [1.54, 1.807) is 0 Å². The van der Waals surface area contributed by atoms with Gasteiger partial charge in [-0.25, -0.2) is 0 Å². The fraction of sp³-hybridized carbons (Fsp3) is 1.00. The predicted octanol–water partition coefficient (Wildman–Crippen LogP) is 0.864. The molecule has 1 atom stereocenters. The minimum absolute atomic E-state index is 0.153. The van der Waals surface area contributed by atoms with E-state index in [1.165, 1.54) is 0 Å². The molecule has 0 aliphatic carbocycles. The van der Waals surface area contributed by atoms with Gasteiger partial charge in [0.05, 0.1) is 5.73 Å². The zero-order chi connectivity index (χ0) is 10.5. The Morgan fingerprint density at radius 3 is 2.31 bits per heavy atom. The van der Waals surface area contributed by atoms with Gasteiger partial charge in [-0.15, -0.1) is 0 Å². The first-order chi connectivity index (χ1) is 5.90. The summed E-state index contributed by atoms with van der Waals surface area (Å²) in [4.78, 5) is 0. The molecule has 0 heterocycles. The van der Waals surface area contributed by atoms with E-state index in [-0.39, 0.29) is 12.3 Å². The standard InChI is InChI=1S/C8H22O3Si2/c1-12(2)11-13(3,4)8(10)6-5-7-9/h8-10,12H,5-7H2,1-4H3. The third kappa shape index (κ3) is 5.59. The molecule has 0 aromatic rings. The molecule has 13 heavy (non-hydrogen) atoms. The van der Waals surface area contributed by atoms with Crippen molar-refractivity contribution in [1.29, 1.82) is 0 Å². The molecule has 0 saturated heterocycles. The Kier molecular flexibility index (Phi) is 6.07. The van der Waals surface area contributed by atoms with Crippen molar-refractivity contribution in [3.05, 3.63) is 0 Å². The Balaban J connectivity index is 3.94. The molecule has 0 radical (unpaired) electrons. The monoisotopic (exact) mass is 222 g/mol. The van der Waals surface area contributed by atoms with Gasteiger partial charge in [-0.1, -0.05) is 0 Å². The van der Waals surface area contributed by atoms with Crippen LogP contribution < -0.4 is 0 Å². The van der Waals surface area contributed by atoms with Gasteiger partial charge in [0.15, 0.2) is 9.04 Å². The summed E-state index contributed by atoms with van der Waals surface area (Å²) in [6.07, 6.45) is 1.33. The summed E-state index contributed by atoms with van der Waals surface area (Å²) in [5, 5.41) is 18.4. The number of hydrogen-bond donors (Lipinski definition) is 2. The van der Waals surface area contributed by atoms with Crippen LogP contribution in [-0.4, -0.2) is 39.9 Å². The third-order valence-electron chi connectivity index (χ3n) is 1.98. The summed E-state index contributed by atoms with van der Waals surface area (Å²) in [6, 6.07) is 0. The molecule has 3 nitrogen and oxygen atoms in total. The van der Waals surface area contributed by atoms with E-state index in [2.05, 4.69) is 13.1 Å². The molecule has 0 aliphatic heterocycles. The normalized spacial score (nSPS) is 15.0. The largest absolute Gasteiger partial charge is 0.457 e. The van der Waals surface area contributed by atoms with Gasteiger partial charge in [0, 0.05) is 6.61 Å². The van der Waals surface area contributed by atoms with Gasteiger partial charge in [0.2, 0.25) is 8.32 Å². The van der Waals surface area contributed by atoms with E-state index >= 15 is 0 Å². The van der Waals surface area contributed by atoms with Gasteiger partial charge in [-0.05, 0) is 39.0 Å². The van der Waals surface area contributed by atoms with Gasteiger partial charge < -0.3 is 14.3 Å². The lowest BCUT2D eigenvalue weighted by molar-refractivity contribution is 0.193. The van der Waals surface area contributed by atoms with Crippen LogP contribution in [0.4, 0.5) is 0 Å². The van der Waals surface area contributed by atoms with Crippen LogP contribution in [0.2, 0.25) is 26.2 Å². The molecule has 80 valence electrons. The fourth-order valence-corrected chi connectivity index (χ4v) is 7.71. The number of aliphatic hydroxyl groups is 2. The van der Waals surface area contributed by atoms with Crippen molar-refractivity contribution in [3.63, 3.8) is 0 Å². The highest BCUT2D eigenvalue weighted by Gasteiger charge is 2.32. The second kappa shape index (κ2) is 5.92. The Morgan fingerprint density at radius 1 is 1.38 bits per heavy atom. The maximum atomic E-state index is 9.80. The van der Waals surface area contributed by atoms with Gasteiger partial charge in [-0.2, -0.15) is 0 Å². The predicted molar refractivity (Wildman–Crippen MR) is 59.8 cm³/mol. The molecule has 0 aromatic carbocycles. The summed E-state index contributed by atoms with van der Waals surface area (Å²) in [5.41, 5.74) is -0.338. The molecular weight excluding hydrogens is 200 g/mol. The minimum atomic E-state index is -1.90. The third-order valence-corrected chi connectivity index (χ3v) is 8.19. The summed E-state index contributed by atoms with van der Waals surface area (Å²) >= 11 is 0. The van der Waals surface area contributed by atoms with Crippen molar-refractivity contribution in [1.82, 2.24) is 0 Å². The Labute approximate surface area is 83.6 Å². The first-order valence-electron chi connectivity index (χ1n) is 4.87. The first-order valence-corrected chi connectivity index (χ1v) is 10.6. The van der Waals surface area contributed by atoms with Gasteiger partial charge in [-0.3, -0.25) is 0 Å². The van der Waals surface area contributed by atoms with Crippen molar-refractivity contribution in [2.75, 3.05) is 6.61 Å². The topological polar surface area (TPSA) is 49.7 Å². The summed E-state index contributed by atoms with van der Waals surface area (Å²) < 4.78 is 5.84. The Hall–Kier alpha value is 0.314. The smallest absolute Gasteiger partial charge is 0.202 e. The summed E-state index contributed by atoms with van der Waals surface area (Å²) in [5.74, 6) is 0. The van der Waals surface area contributed by atoms with Crippen molar-refractivity contribution in [2.24, 2.45) is 0 Å². The molecule has 0 rings (SSSR count). The van der Waals surface area contributed by atoms with Gasteiger partial charge in [0.25, 0.3) is 0 Å². The van der Waals surface area contributed by atoms with Crippen LogP contribution in [0.5, 0.6) is 0 Å². The first kappa shape index (κ1) is 13.3. The Morgan fingerprint density at radius 2 is 1.92 bits per heavy atom. The second-order valence-electron chi connectivity index (χ2n) is 4.15. The molecule has 0 amide bonds. The molecule has 5 heteroatoms. The lowest BCUT2D eigenvalue weighted by Crippen LogP contribution is -2.47. The van der Waals surface area contributed by atoms with Crippen molar-refractivity contribution >= 4 is 17.4 Å². The second-order valence-corrected chi connectivity index (χ2v) is 11.1. The number of rotatable bonds is 6. The molecule has 2 N–H and O–H groups in total. The lowest BCUT2D eigenvalue weighted by atomic mass is 10.3. The van der Waals surface area contributed by atoms with Crippen molar-refractivity contribution < 1.29 is 14.3 Å². The van der Waals surface area contributed by atoms with Crippen LogP contribution in [0.25, 0.3) is 0 Å². The summed E-state index contributed by atoms with van der Waals surface area (Å²) in [7, 11) is -2.95. The molecular formula is C8H22O3Si2. The van der Waals surface area contributed by atoms with Crippen LogP contribution >= 0.6 is 0 Å². The zero-order valence-electron chi connectivity index (χ0n) is 9.08. The average molecular weight is 222 g/mol. The van der Waals surface area contributed by atoms with Gasteiger partial charge >= 0.3 is 0 Å². The van der Waals surface area contributed by atoms with E-state index in [0.29, 0.717) is 12.8 Å². The maximum absolute atomic E-state index is 9.80. The van der Waals surface area contributed by atoms with E-state index in [0.717, 1.165) is 0 Å². The quantitative estimate of drug-likeness (QED) is 0.656. The van der Waals surface area contributed by atoms with E-state index in [9.17, 15) is 5.11 Å². The molecule has 0 saturated carbocycles. The fourth-order valence-electron chi connectivity index (χ4n) is 1.32. The van der Waals surface area contributed by atoms with Crippen LogP contribution in [0, 0.1) is 0 Å². The highest BCUT2D eigenvalue weighted by atomic mass is 28.4. The Bertz CT molecular complexity index is 139. The lowest BCUT2D eigenvalue weighted by Gasteiger charge is -2.30. The van der Waals surface area contributed by atoms with Gasteiger partial charge in [0.1, 0.15) is 0 Å². The van der Waals surface area contributed by atoms with Crippen molar-refractivity contribution in [2.45, 2.75) is 44.8 Å². The minimum Gasteiger partial charge on any atom is -0.457 e. The number of aliphatic hydroxyl groups excluding tert-OH is 2. The zero-order valence-corrected chi connectivity index (χ0v) is 11.2. The van der Waals surface area contributed by atoms with E-state index in [1.807, 2.05) is 13.1 Å². The van der Waals surface area contributed by atoms with E-state index in [4.69, 9.17) is 9.22 Å². The maximum Gasteiger partial charge on any atom is 0.202 e. The summed E-state index contributed by atoms with van der Waals surface area (Å²) in [6.45, 7) is 8.48. The highest BCUT2D eigenvalue weighted by molar-refractivity contribution is 6.78. The highest BCUT2D eigenvalue weighted by Crippen LogP contribution is 2.15. The SMILES string of the molecule is C[SiH](C)O[Si](C)(C)C(O)CCCO. The number of hydrogen-bond acceptors (Lipinski definition) is 3. The molecule has 0 spiro atoms. The van der Waals surface area contributed by atoms with Crippen molar-refractivity contribution in [3.8, 4) is 0 Å². The molecule has 0 fully saturated rings. The molecule has 0 aromatic heterocycles. The van der Waals surface area contributed by atoms with Crippen LogP contribution in [0.1, 0.15) is 12.8 Å². The van der Waals surface area contributed by atoms with Crippen LogP contribution in [0.15, 0.2) is 0 Å². The molecule has 0 aliphatic rings.